The molecule has 0 radical (unpaired) electrons. The minimum Gasteiger partial charge on any atom is -0.493 e. The van der Waals surface area contributed by atoms with Gasteiger partial charge in [0.15, 0.2) is 5.78 Å². The van der Waals surface area contributed by atoms with Gasteiger partial charge in [-0.2, -0.15) is 0 Å². The number of hydrogen-bond donors (Lipinski definition) is 0. The number of thiazole rings is 1. The molecule has 0 fully saturated rings. The molecule has 188 valence electrons. The molecule has 0 amide bonds. The lowest BCUT2D eigenvalue weighted by Crippen LogP contribution is -2.27. The van der Waals surface area contributed by atoms with Gasteiger partial charge in [0.2, 0.25) is 0 Å². The van der Waals surface area contributed by atoms with Crippen LogP contribution in [0.15, 0.2) is 30.5 Å². The molecule has 0 N–H and O–H groups in total. The average molecular weight is 503 g/mol. The van der Waals surface area contributed by atoms with Crippen molar-refractivity contribution in [2.24, 2.45) is 5.92 Å². The van der Waals surface area contributed by atoms with Gasteiger partial charge in [-0.25, -0.2) is 4.98 Å². The number of Topliss-reactive ketones (excluding diaryl/α,β-unsaturated/α-hetero) is 1. The maximum atomic E-state index is 13.1. The molecule has 2 aromatic heterocycles. The van der Waals surface area contributed by atoms with Crippen molar-refractivity contribution in [1.82, 2.24) is 9.97 Å². The van der Waals surface area contributed by atoms with E-state index in [1.54, 1.807) is 18.3 Å². The number of aryl methyl sites for hydroxylation is 1. The van der Waals surface area contributed by atoms with Crippen LogP contribution in [0.4, 0.5) is 0 Å². The molecule has 0 aliphatic carbocycles. The Morgan fingerprint density at radius 2 is 2.00 bits per heavy atom. The molecule has 0 spiro atoms. The number of pyridine rings is 1. The van der Waals surface area contributed by atoms with Gasteiger partial charge in [0.25, 0.3) is 0 Å². The Hall–Kier alpha value is -2.83. The standard InChI is InChI=1S/C30H34N2O3S/c1-16(2)14-23-32-21-15-17(3)24(28(18(4)33)35-30(5,6)7)26(29(21)36-23)20-8-9-22-25-19(11-13-34-22)10-12-31-27(20)25/h8-10,12,15-16,28H,11,13-14H2,1-7H3/t28-/m1/s1. The van der Waals surface area contributed by atoms with E-state index < -0.39 is 11.7 Å². The van der Waals surface area contributed by atoms with Crippen molar-refractivity contribution < 1.29 is 14.3 Å². The van der Waals surface area contributed by atoms with Crippen molar-refractivity contribution in [2.75, 3.05) is 6.61 Å². The van der Waals surface area contributed by atoms with E-state index in [0.717, 1.165) is 67.0 Å². The van der Waals surface area contributed by atoms with Crippen molar-refractivity contribution in [2.45, 2.75) is 73.0 Å². The molecule has 1 aliphatic heterocycles. The molecule has 1 aliphatic rings. The molecule has 5 rings (SSSR count). The smallest absolute Gasteiger partial charge is 0.163 e. The molecule has 0 unspecified atom stereocenters. The van der Waals surface area contributed by atoms with Crippen LogP contribution in [0.3, 0.4) is 0 Å². The van der Waals surface area contributed by atoms with Gasteiger partial charge in [0, 0.05) is 41.1 Å². The summed E-state index contributed by atoms with van der Waals surface area (Å²) in [4.78, 5) is 23.0. The number of aromatic nitrogens is 2. The van der Waals surface area contributed by atoms with Gasteiger partial charge in [-0.1, -0.05) is 13.8 Å². The van der Waals surface area contributed by atoms with Gasteiger partial charge < -0.3 is 9.47 Å². The summed E-state index contributed by atoms with van der Waals surface area (Å²) in [5, 5.41) is 2.16. The van der Waals surface area contributed by atoms with Crippen LogP contribution in [0, 0.1) is 12.8 Å². The van der Waals surface area contributed by atoms with Crippen molar-refractivity contribution in [3.63, 3.8) is 0 Å². The molecule has 0 saturated carbocycles. The zero-order chi connectivity index (χ0) is 25.8. The van der Waals surface area contributed by atoms with Crippen LogP contribution in [0.25, 0.3) is 32.2 Å². The number of nitrogens with zero attached hydrogens (tertiary/aromatic N) is 2. The minimum atomic E-state index is -0.692. The van der Waals surface area contributed by atoms with E-state index in [9.17, 15) is 4.79 Å². The Balaban J connectivity index is 1.88. The van der Waals surface area contributed by atoms with E-state index in [-0.39, 0.29) is 5.78 Å². The third-order valence-corrected chi connectivity index (χ3v) is 7.61. The molecular weight excluding hydrogens is 468 g/mol. The molecule has 2 aromatic carbocycles. The average Bonchev–Trinajstić information content (AvgIpc) is 3.18. The number of ketones is 1. The fraction of sp³-hybridized carbons (Fsp3) is 0.433. The second-order valence-electron chi connectivity index (χ2n) is 11.2. The highest BCUT2D eigenvalue weighted by molar-refractivity contribution is 7.19. The summed E-state index contributed by atoms with van der Waals surface area (Å²) in [6.45, 7) is 14.7. The second-order valence-corrected chi connectivity index (χ2v) is 12.2. The lowest BCUT2D eigenvalue weighted by molar-refractivity contribution is -0.138. The largest absolute Gasteiger partial charge is 0.493 e. The molecule has 0 bridgehead atoms. The summed E-state index contributed by atoms with van der Waals surface area (Å²) < 4.78 is 13.5. The quantitative estimate of drug-likeness (QED) is 0.275. The molecule has 4 aromatic rings. The second kappa shape index (κ2) is 9.24. The van der Waals surface area contributed by atoms with E-state index in [1.807, 2.05) is 33.0 Å². The third-order valence-electron chi connectivity index (χ3n) is 6.50. The summed E-state index contributed by atoms with van der Waals surface area (Å²) in [7, 11) is 0. The van der Waals surface area contributed by atoms with Crippen LogP contribution in [0.5, 0.6) is 5.75 Å². The number of fused-ring (bicyclic) bond motifs is 1. The fourth-order valence-corrected chi connectivity index (χ4v) is 6.43. The molecule has 0 saturated heterocycles. The maximum absolute atomic E-state index is 13.1. The molecule has 1 atom stereocenters. The summed E-state index contributed by atoms with van der Waals surface area (Å²) >= 11 is 1.72. The van der Waals surface area contributed by atoms with E-state index in [4.69, 9.17) is 19.4 Å². The Kier molecular flexibility index (Phi) is 6.38. The number of carbonyl (C=O) groups excluding carboxylic acids is 1. The maximum Gasteiger partial charge on any atom is 0.163 e. The van der Waals surface area contributed by atoms with Crippen molar-refractivity contribution >= 4 is 38.2 Å². The highest BCUT2D eigenvalue weighted by atomic mass is 32.1. The minimum absolute atomic E-state index is 0.0143. The normalized spacial score (nSPS) is 14.4. The van der Waals surface area contributed by atoms with E-state index in [0.29, 0.717) is 12.5 Å². The third kappa shape index (κ3) is 4.53. The van der Waals surface area contributed by atoms with Crippen LogP contribution in [0.2, 0.25) is 0 Å². The number of ether oxygens (including phenoxy) is 2. The molecule has 6 heteroatoms. The van der Waals surface area contributed by atoms with E-state index in [2.05, 4.69) is 39.0 Å². The van der Waals surface area contributed by atoms with Crippen LogP contribution in [0.1, 0.15) is 69.3 Å². The van der Waals surface area contributed by atoms with Crippen molar-refractivity contribution in [3.05, 3.63) is 52.2 Å². The van der Waals surface area contributed by atoms with Gasteiger partial charge in [-0.15, -0.1) is 11.3 Å². The van der Waals surface area contributed by atoms with Gasteiger partial charge in [-0.3, -0.25) is 9.78 Å². The SMILES string of the molecule is CC(=O)[C@@H](OC(C)(C)C)c1c(C)cc2nc(CC(C)C)sc2c1-c1ccc2c3c(ccnc13)CCO2. The number of hydrogen-bond acceptors (Lipinski definition) is 6. The predicted octanol–water partition coefficient (Wildman–Crippen LogP) is 7.40. The van der Waals surface area contributed by atoms with E-state index >= 15 is 0 Å². The molecule has 36 heavy (non-hydrogen) atoms. The summed E-state index contributed by atoms with van der Waals surface area (Å²) in [6.07, 6.45) is 2.96. The predicted molar refractivity (Wildman–Crippen MR) is 147 cm³/mol. The Morgan fingerprint density at radius 1 is 1.22 bits per heavy atom. The number of carbonyl (C=O) groups is 1. The van der Waals surface area contributed by atoms with Crippen LogP contribution < -0.4 is 4.74 Å². The lowest BCUT2D eigenvalue weighted by atomic mass is 9.88. The zero-order valence-corrected chi connectivity index (χ0v) is 23.0. The topological polar surface area (TPSA) is 61.3 Å². The monoisotopic (exact) mass is 502 g/mol. The molecule has 5 nitrogen and oxygen atoms in total. The first-order valence-corrected chi connectivity index (χ1v) is 13.5. The van der Waals surface area contributed by atoms with E-state index in [1.165, 1.54) is 5.56 Å². The molecule has 3 heterocycles. The van der Waals surface area contributed by atoms with Gasteiger partial charge in [0.05, 0.1) is 32.9 Å². The Morgan fingerprint density at radius 3 is 2.69 bits per heavy atom. The summed E-state index contributed by atoms with van der Waals surface area (Å²) in [5.41, 5.74) is 6.52. The lowest BCUT2D eigenvalue weighted by Gasteiger charge is -2.29. The number of benzene rings is 2. The Labute approximate surface area is 216 Å². The van der Waals surface area contributed by atoms with Gasteiger partial charge in [-0.05, 0) is 75.9 Å². The molecular formula is C30H34N2O3S. The summed E-state index contributed by atoms with van der Waals surface area (Å²) in [6, 6.07) is 8.33. The zero-order valence-electron chi connectivity index (χ0n) is 22.2. The Bertz CT molecular complexity index is 1470. The van der Waals surface area contributed by atoms with Crippen LogP contribution in [-0.2, 0) is 22.4 Å². The van der Waals surface area contributed by atoms with Crippen LogP contribution >= 0.6 is 11.3 Å². The number of rotatable bonds is 6. The van der Waals surface area contributed by atoms with Crippen LogP contribution in [-0.4, -0.2) is 28.0 Å². The first-order valence-electron chi connectivity index (χ1n) is 12.7. The first kappa shape index (κ1) is 24.8. The van der Waals surface area contributed by atoms with Gasteiger partial charge in [0.1, 0.15) is 11.9 Å². The van der Waals surface area contributed by atoms with Crippen molar-refractivity contribution in [3.8, 4) is 16.9 Å². The summed E-state index contributed by atoms with van der Waals surface area (Å²) in [5.74, 6) is 1.36. The van der Waals surface area contributed by atoms with Crippen molar-refractivity contribution in [1.29, 1.82) is 0 Å². The fourth-order valence-electron chi connectivity index (χ4n) is 5.10. The highest BCUT2D eigenvalue weighted by Gasteiger charge is 2.31. The first-order chi connectivity index (χ1) is 17.0. The highest BCUT2D eigenvalue weighted by Crippen LogP contribution is 2.46. The van der Waals surface area contributed by atoms with Gasteiger partial charge >= 0.3 is 0 Å².